The lowest BCUT2D eigenvalue weighted by Crippen LogP contribution is -2.01. The van der Waals surface area contributed by atoms with Crippen LogP contribution >= 0.6 is 11.8 Å². The molecule has 1 N–H and O–H groups in total. The number of fused-ring (bicyclic) bond motifs is 2. The zero-order valence-electron chi connectivity index (χ0n) is 12.0. The van der Waals surface area contributed by atoms with Gasteiger partial charge in [-0.2, -0.15) is 0 Å². The number of anilines is 2. The molecule has 2 heteroatoms. The second kappa shape index (κ2) is 5.74. The fourth-order valence-electron chi connectivity index (χ4n) is 2.57. The van der Waals surface area contributed by atoms with E-state index in [9.17, 15) is 0 Å². The van der Waals surface area contributed by atoms with E-state index in [1.807, 2.05) is 17.8 Å². The minimum Gasteiger partial charge on any atom is -0.353 e. The highest BCUT2D eigenvalue weighted by atomic mass is 32.2. The lowest BCUT2D eigenvalue weighted by atomic mass is 10.1. The van der Waals surface area contributed by atoms with Gasteiger partial charge in [0.05, 0.1) is 11.4 Å². The average molecular weight is 301 g/mol. The third-order valence-corrected chi connectivity index (χ3v) is 4.82. The van der Waals surface area contributed by atoms with Crippen molar-refractivity contribution in [1.82, 2.24) is 0 Å². The van der Waals surface area contributed by atoms with Crippen LogP contribution in [0.15, 0.2) is 82.6 Å². The summed E-state index contributed by atoms with van der Waals surface area (Å²) in [5, 5.41) is 3.57. The molecule has 0 amide bonds. The van der Waals surface area contributed by atoms with Gasteiger partial charge in [-0.1, -0.05) is 78.5 Å². The summed E-state index contributed by atoms with van der Waals surface area (Å²) < 4.78 is 0. The van der Waals surface area contributed by atoms with E-state index in [2.05, 4.69) is 84.2 Å². The van der Waals surface area contributed by atoms with Gasteiger partial charge in [-0.15, -0.1) is 0 Å². The number of hydrogen-bond donors (Lipinski definition) is 1. The van der Waals surface area contributed by atoms with E-state index in [0.717, 1.165) is 0 Å². The predicted molar refractivity (Wildman–Crippen MR) is 95.7 cm³/mol. The van der Waals surface area contributed by atoms with E-state index in [1.54, 1.807) is 0 Å². The molecule has 0 radical (unpaired) electrons. The van der Waals surface area contributed by atoms with Gasteiger partial charge in [0.1, 0.15) is 0 Å². The molecule has 0 spiro atoms. The van der Waals surface area contributed by atoms with E-state index in [0.29, 0.717) is 0 Å². The molecule has 1 aliphatic rings. The Morgan fingerprint density at radius 1 is 0.682 bits per heavy atom. The SMILES string of the molecule is C(=Cc1cccc2c1Nc1ccccc1S2)c1ccccc1. The van der Waals surface area contributed by atoms with Crippen molar-refractivity contribution in [1.29, 1.82) is 0 Å². The average Bonchev–Trinajstić information content (AvgIpc) is 2.59. The van der Waals surface area contributed by atoms with Crippen LogP contribution in [0.1, 0.15) is 11.1 Å². The fourth-order valence-corrected chi connectivity index (χ4v) is 3.60. The van der Waals surface area contributed by atoms with Gasteiger partial charge in [0.15, 0.2) is 0 Å². The highest BCUT2D eigenvalue weighted by Gasteiger charge is 2.16. The lowest BCUT2D eigenvalue weighted by Gasteiger charge is -2.22. The Bertz CT molecular complexity index is 837. The van der Waals surface area contributed by atoms with E-state index in [-0.39, 0.29) is 0 Å². The van der Waals surface area contributed by atoms with Crippen molar-refractivity contribution in [3.8, 4) is 0 Å². The first kappa shape index (κ1) is 13.2. The van der Waals surface area contributed by atoms with Crippen molar-refractivity contribution >= 4 is 35.3 Å². The van der Waals surface area contributed by atoms with Gasteiger partial charge >= 0.3 is 0 Å². The van der Waals surface area contributed by atoms with Crippen LogP contribution in [-0.4, -0.2) is 0 Å². The van der Waals surface area contributed by atoms with Crippen LogP contribution in [-0.2, 0) is 0 Å². The Morgan fingerprint density at radius 3 is 2.36 bits per heavy atom. The Kier molecular flexibility index (Phi) is 3.45. The van der Waals surface area contributed by atoms with Gasteiger partial charge in [-0.25, -0.2) is 0 Å². The van der Waals surface area contributed by atoms with Crippen molar-refractivity contribution in [2.45, 2.75) is 9.79 Å². The smallest absolute Gasteiger partial charge is 0.0599 e. The minimum atomic E-state index is 1.18. The molecule has 0 saturated carbocycles. The van der Waals surface area contributed by atoms with Crippen molar-refractivity contribution in [2.24, 2.45) is 0 Å². The number of rotatable bonds is 2. The molecule has 1 heterocycles. The zero-order chi connectivity index (χ0) is 14.8. The highest BCUT2D eigenvalue weighted by Crippen LogP contribution is 2.45. The summed E-state index contributed by atoms with van der Waals surface area (Å²) in [5.74, 6) is 0. The maximum atomic E-state index is 3.57. The summed E-state index contributed by atoms with van der Waals surface area (Å²) in [4.78, 5) is 2.55. The third-order valence-electron chi connectivity index (χ3n) is 3.68. The number of para-hydroxylation sites is 2. The molecule has 3 aromatic carbocycles. The van der Waals surface area contributed by atoms with Crippen molar-refractivity contribution < 1.29 is 0 Å². The van der Waals surface area contributed by atoms with Crippen LogP contribution in [0.5, 0.6) is 0 Å². The highest BCUT2D eigenvalue weighted by molar-refractivity contribution is 7.99. The number of benzene rings is 3. The standard InChI is InChI=1S/C20H15NS/c1-2-7-15(8-3-1)13-14-16-9-6-12-19-20(16)21-17-10-4-5-11-18(17)22-19/h1-14,21H. The fraction of sp³-hybridized carbons (Fsp3) is 0. The quantitative estimate of drug-likeness (QED) is 0.451. The molecule has 0 saturated heterocycles. The molecule has 0 aliphatic carbocycles. The van der Waals surface area contributed by atoms with Gasteiger partial charge in [-0.05, 0) is 29.3 Å². The summed E-state index contributed by atoms with van der Waals surface area (Å²) in [6, 6.07) is 25.3. The van der Waals surface area contributed by atoms with Crippen LogP contribution in [0.3, 0.4) is 0 Å². The van der Waals surface area contributed by atoms with Crippen molar-refractivity contribution in [2.75, 3.05) is 5.32 Å². The molecular weight excluding hydrogens is 286 g/mol. The largest absolute Gasteiger partial charge is 0.353 e. The Hall–Kier alpha value is -2.45. The third kappa shape index (κ3) is 2.53. The van der Waals surface area contributed by atoms with Crippen LogP contribution in [0.2, 0.25) is 0 Å². The second-order valence-electron chi connectivity index (χ2n) is 5.19. The van der Waals surface area contributed by atoms with E-state index in [4.69, 9.17) is 0 Å². The summed E-state index contributed by atoms with van der Waals surface area (Å²) in [6.45, 7) is 0. The molecule has 22 heavy (non-hydrogen) atoms. The second-order valence-corrected chi connectivity index (χ2v) is 6.27. The van der Waals surface area contributed by atoms with Gasteiger partial charge in [0.25, 0.3) is 0 Å². The zero-order valence-corrected chi connectivity index (χ0v) is 12.8. The minimum absolute atomic E-state index is 1.18. The van der Waals surface area contributed by atoms with Crippen LogP contribution in [0, 0.1) is 0 Å². The molecule has 1 nitrogen and oxygen atoms in total. The molecule has 3 aromatic rings. The summed E-state index contributed by atoms with van der Waals surface area (Å²) in [7, 11) is 0. The van der Waals surface area contributed by atoms with Crippen LogP contribution in [0.25, 0.3) is 12.2 Å². The van der Waals surface area contributed by atoms with Gasteiger partial charge in [0, 0.05) is 9.79 Å². The van der Waals surface area contributed by atoms with E-state index >= 15 is 0 Å². The van der Waals surface area contributed by atoms with Crippen LogP contribution < -0.4 is 5.32 Å². The van der Waals surface area contributed by atoms with E-state index < -0.39 is 0 Å². The molecule has 0 bridgehead atoms. The molecular formula is C20H15NS. The maximum Gasteiger partial charge on any atom is 0.0599 e. The van der Waals surface area contributed by atoms with Gasteiger partial charge < -0.3 is 5.32 Å². The van der Waals surface area contributed by atoms with Gasteiger partial charge in [0.2, 0.25) is 0 Å². The Labute approximate surface area is 134 Å². The molecule has 1 aliphatic heterocycles. The van der Waals surface area contributed by atoms with E-state index in [1.165, 1.54) is 32.3 Å². The van der Waals surface area contributed by atoms with Crippen LogP contribution in [0.4, 0.5) is 11.4 Å². The number of hydrogen-bond acceptors (Lipinski definition) is 2. The molecule has 0 unspecified atom stereocenters. The van der Waals surface area contributed by atoms with Gasteiger partial charge in [-0.3, -0.25) is 0 Å². The first-order chi connectivity index (χ1) is 10.9. The normalized spacial score (nSPS) is 12.5. The lowest BCUT2D eigenvalue weighted by molar-refractivity contribution is 1.31. The maximum absolute atomic E-state index is 3.57. The number of nitrogens with one attached hydrogen (secondary N) is 1. The molecule has 0 atom stereocenters. The molecule has 0 fully saturated rings. The first-order valence-corrected chi connectivity index (χ1v) is 8.12. The Morgan fingerprint density at radius 2 is 1.45 bits per heavy atom. The molecule has 0 aromatic heterocycles. The summed E-state index contributed by atoms with van der Waals surface area (Å²) in [6.07, 6.45) is 4.33. The predicted octanol–water partition coefficient (Wildman–Crippen LogP) is 6.07. The Balaban J connectivity index is 1.71. The van der Waals surface area contributed by atoms with Crippen molar-refractivity contribution in [3.63, 3.8) is 0 Å². The first-order valence-electron chi connectivity index (χ1n) is 7.30. The molecule has 4 rings (SSSR count). The molecule has 106 valence electrons. The monoisotopic (exact) mass is 301 g/mol. The summed E-state index contributed by atoms with van der Waals surface area (Å²) >= 11 is 1.82. The topological polar surface area (TPSA) is 12.0 Å². The summed E-state index contributed by atoms with van der Waals surface area (Å²) in [5.41, 5.74) is 4.80. The van der Waals surface area contributed by atoms with Crippen molar-refractivity contribution in [3.05, 3.63) is 83.9 Å².